The Morgan fingerprint density at radius 2 is 1.93 bits per heavy atom. The van der Waals surface area contributed by atoms with Gasteiger partial charge in [-0.15, -0.1) is 10.2 Å². The van der Waals surface area contributed by atoms with E-state index in [1.807, 2.05) is 4.90 Å². The zero-order chi connectivity index (χ0) is 20.1. The van der Waals surface area contributed by atoms with Gasteiger partial charge in [-0.1, -0.05) is 44.0 Å². The van der Waals surface area contributed by atoms with Gasteiger partial charge < -0.3 is 10.0 Å². The average molecular weight is 422 g/mol. The van der Waals surface area contributed by atoms with Gasteiger partial charge in [0.15, 0.2) is 11.3 Å². The van der Waals surface area contributed by atoms with E-state index >= 15 is 0 Å². The van der Waals surface area contributed by atoms with Crippen LogP contribution in [0.5, 0.6) is 0 Å². The highest BCUT2D eigenvalue weighted by atomic mass is 35.5. The Kier molecular flexibility index (Phi) is 4.89. The number of hydrogen-bond donors (Lipinski definition) is 1. The van der Waals surface area contributed by atoms with Crippen LogP contribution < -0.4 is 4.90 Å². The van der Waals surface area contributed by atoms with E-state index in [0.717, 1.165) is 0 Å². The third-order valence-corrected chi connectivity index (χ3v) is 5.14. The van der Waals surface area contributed by atoms with Gasteiger partial charge >= 0.3 is 0 Å². The molecule has 0 radical (unpaired) electrons. The van der Waals surface area contributed by atoms with E-state index < -0.39 is 0 Å². The first-order chi connectivity index (χ1) is 13.2. The maximum absolute atomic E-state index is 9.96. The smallest absolute Gasteiger partial charge is 0.207 e. The molecule has 3 aromatic heterocycles. The summed E-state index contributed by atoms with van der Waals surface area (Å²) in [5.41, 5.74) is 1.44. The number of pyridine rings is 1. The summed E-state index contributed by atoms with van der Waals surface area (Å²) in [6.45, 7) is 7.66. The largest absolute Gasteiger partial charge is 0.391 e. The van der Waals surface area contributed by atoms with Crippen LogP contribution in [-0.4, -0.2) is 54.2 Å². The number of β-amino-alcohol motifs (C(OH)–C–C–N with tert-alkyl or cyclic N) is 1. The molecule has 4 rings (SSSR count). The summed E-state index contributed by atoms with van der Waals surface area (Å²) in [6, 6.07) is 3.34. The summed E-state index contributed by atoms with van der Waals surface area (Å²) in [5, 5.41) is 19.9. The van der Waals surface area contributed by atoms with Crippen LogP contribution in [0.4, 0.5) is 5.82 Å². The molecule has 28 heavy (non-hydrogen) atoms. The van der Waals surface area contributed by atoms with Gasteiger partial charge in [0, 0.05) is 18.5 Å². The van der Waals surface area contributed by atoms with Gasteiger partial charge in [-0.3, -0.25) is 0 Å². The number of anilines is 1. The van der Waals surface area contributed by atoms with E-state index in [0.29, 0.717) is 58.2 Å². The van der Waals surface area contributed by atoms with Crippen molar-refractivity contribution >= 4 is 40.2 Å². The van der Waals surface area contributed by atoms with Crippen molar-refractivity contribution in [2.24, 2.45) is 0 Å². The Morgan fingerprint density at radius 1 is 1.14 bits per heavy atom. The fourth-order valence-corrected chi connectivity index (χ4v) is 3.43. The Balaban J connectivity index is 1.79. The number of halogens is 2. The fourth-order valence-electron chi connectivity index (χ4n) is 3.10. The van der Waals surface area contributed by atoms with E-state index in [1.165, 1.54) is 4.80 Å². The van der Waals surface area contributed by atoms with Crippen molar-refractivity contribution < 1.29 is 5.11 Å². The lowest BCUT2D eigenvalue weighted by Gasteiger charge is -2.21. The molecule has 3 aromatic rings. The quantitative estimate of drug-likeness (QED) is 0.649. The molecule has 0 aromatic carbocycles. The first-order valence-electron chi connectivity index (χ1n) is 9.08. The molecule has 0 unspecified atom stereocenters. The molecular formula is C18H21Cl2N7O. The number of aliphatic hydroxyl groups excluding tert-OH is 1. The molecule has 0 saturated carbocycles. The molecule has 1 saturated heterocycles. The molecule has 1 fully saturated rings. The Labute approximate surface area is 172 Å². The lowest BCUT2D eigenvalue weighted by Crippen LogP contribution is -2.25. The van der Waals surface area contributed by atoms with Gasteiger partial charge in [-0.2, -0.15) is 4.80 Å². The van der Waals surface area contributed by atoms with Crippen molar-refractivity contribution in [3.8, 4) is 0 Å². The third-order valence-electron chi connectivity index (χ3n) is 4.58. The molecule has 0 amide bonds. The molecule has 1 aliphatic rings. The van der Waals surface area contributed by atoms with Crippen molar-refractivity contribution in [3.05, 3.63) is 33.8 Å². The summed E-state index contributed by atoms with van der Waals surface area (Å²) in [5.74, 6) is 1.38. The highest BCUT2D eigenvalue weighted by Crippen LogP contribution is 2.29. The van der Waals surface area contributed by atoms with Gasteiger partial charge in [-0.25, -0.2) is 15.0 Å². The maximum Gasteiger partial charge on any atom is 0.207 e. The van der Waals surface area contributed by atoms with Crippen LogP contribution in [0.15, 0.2) is 12.1 Å². The van der Waals surface area contributed by atoms with Crippen molar-refractivity contribution in [2.45, 2.75) is 45.3 Å². The first-order valence-corrected chi connectivity index (χ1v) is 9.83. The van der Waals surface area contributed by atoms with Gasteiger partial charge in [0.2, 0.25) is 5.65 Å². The molecule has 0 spiro atoms. The Bertz CT molecular complexity index is 1030. The predicted molar refractivity (Wildman–Crippen MR) is 108 cm³/mol. The number of hydrogen-bond acceptors (Lipinski definition) is 7. The molecule has 8 nitrogen and oxygen atoms in total. The van der Waals surface area contributed by atoms with Crippen molar-refractivity contribution in [2.75, 3.05) is 18.0 Å². The minimum absolute atomic E-state index is 0.247. The van der Waals surface area contributed by atoms with Gasteiger partial charge in [0.05, 0.1) is 16.8 Å². The standard InChI is InChI=1S/C18H21Cl2N7O/c1-18(2,3)17-22-15-14(16(23-17)26-7-6-10(28)8-26)24-27(25-15)9-12-11(19)4-5-13(20)21-12/h4-5,10,28H,6-9H2,1-3H3/t10-/m0/s1. The summed E-state index contributed by atoms with van der Waals surface area (Å²) < 4.78 is 0. The number of fused-ring (bicyclic) bond motifs is 1. The van der Waals surface area contributed by atoms with Crippen molar-refractivity contribution in [1.82, 2.24) is 29.9 Å². The van der Waals surface area contributed by atoms with E-state index in [2.05, 4.69) is 40.9 Å². The monoisotopic (exact) mass is 421 g/mol. The summed E-state index contributed by atoms with van der Waals surface area (Å²) in [6.07, 6.45) is 0.333. The van der Waals surface area contributed by atoms with Crippen LogP contribution in [0.1, 0.15) is 38.7 Å². The van der Waals surface area contributed by atoms with Crippen LogP contribution in [-0.2, 0) is 12.0 Å². The highest BCUT2D eigenvalue weighted by molar-refractivity contribution is 6.32. The molecule has 10 heteroatoms. The summed E-state index contributed by atoms with van der Waals surface area (Å²) in [4.78, 5) is 17.2. The van der Waals surface area contributed by atoms with E-state index in [1.54, 1.807) is 12.1 Å². The molecule has 1 aliphatic heterocycles. The first kappa shape index (κ1) is 19.3. The normalized spacial score (nSPS) is 17.6. The number of aliphatic hydroxyl groups is 1. The van der Waals surface area contributed by atoms with Crippen LogP contribution in [0, 0.1) is 0 Å². The van der Waals surface area contributed by atoms with E-state index in [4.69, 9.17) is 28.2 Å². The zero-order valence-corrected chi connectivity index (χ0v) is 17.4. The van der Waals surface area contributed by atoms with E-state index in [9.17, 15) is 5.11 Å². The molecule has 148 valence electrons. The third kappa shape index (κ3) is 3.76. The second kappa shape index (κ2) is 7.09. The summed E-state index contributed by atoms with van der Waals surface area (Å²) in [7, 11) is 0. The van der Waals surface area contributed by atoms with E-state index in [-0.39, 0.29) is 18.1 Å². The lowest BCUT2D eigenvalue weighted by molar-refractivity contribution is 0.198. The van der Waals surface area contributed by atoms with Gasteiger partial charge in [-0.05, 0) is 18.6 Å². The second-order valence-corrected chi connectivity index (χ2v) is 8.77. The molecular weight excluding hydrogens is 401 g/mol. The maximum atomic E-state index is 9.96. The minimum Gasteiger partial charge on any atom is -0.391 e. The van der Waals surface area contributed by atoms with Crippen LogP contribution in [0.25, 0.3) is 11.2 Å². The van der Waals surface area contributed by atoms with Crippen LogP contribution in [0.3, 0.4) is 0 Å². The topological polar surface area (TPSA) is 92.8 Å². The molecule has 0 bridgehead atoms. The number of nitrogens with zero attached hydrogens (tertiary/aromatic N) is 7. The van der Waals surface area contributed by atoms with Crippen LogP contribution in [0.2, 0.25) is 10.2 Å². The molecule has 0 aliphatic carbocycles. The van der Waals surface area contributed by atoms with Crippen molar-refractivity contribution in [1.29, 1.82) is 0 Å². The minimum atomic E-state index is -0.368. The van der Waals surface area contributed by atoms with Crippen molar-refractivity contribution in [3.63, 3.8) is 0 Å². The molecule has 1 N–H and O–H groups in total. The predicted octanol–water partition coefficient (Wildman–Crippen LogP) is 2.84. The SMILES string of the molecule is CC(C)(C)c1nc(N2CC[C@H](O)C2)c2nn(Cc3nc(Cl)ccc3Cl)nc2n1. The lowest BCUT2D eigenvalue weighted by atomic mass is 9.96. The highest BCUT2D eigenvalue weighted by Gasteiger charge is 2.28. The molecule has 1 atom stereocenters. The van der Waals surface area contributed by atoms with Gasteiger partial charge in [0.25, 0.3) is 0 Å². The fraction of sp³-hybridized carbons (Fsp3) is 0.500. The number of rotatable bonds is 3. The Morgan fingerprint density at radius 3 is 2.61 bits per heavy atom. The Hall–Kier alpha value is -2.03. The zero-order valence-electron chi connectivity index (χ0n) is 15.9. The summed E-state index contributed by atoms with van der Waals surface area (Å²) >= 11 is 12.2. The van der Waals surface area contributed by atoms with Gasteiger partial charge in [0.1, 0.15) is 17.5 Å². The second-order valence-electron chi connectivity index (χ2n) is 7.97. The molecule has 4 heterocycles. The average Bonchev–Trinajstić information content (AvgIpc) is 3.22. The number of aromatic nitrogens is 6. The van der Waals surface area contributed by atoms with Crippen LogP contribution >= 0.6 is 23.2 Å².